The second-order valence-corrected chi connectivity index (χ2v) is 5.00. The van der Waals surface area contributed by atoms with Gasteiger partial charge in [-0.2, -0.15) is 0 Å². The van der Waals surface area contributed by atoms with Crippen LogP contribution in [-0.2, 0) is 9.53 Å². The van der Waals surface area contributed by atoms with Crippen LogP contribution in [0.3, 0.4) is 0 Å². The van der Waals surface area contributed by atoms with Gasteiger partial charge >= 0.3 is 5.97 Å². The highest BCUT2D eigenvalue weighted by Gasteiger charge is 2.19. The number of ether oxygens (including phenoxy) is 1. The van der Waals surface area contributed by atoms with Crippen molar-refractivity contribution in [2.45, 2.75) is 19.9 Å². The lowest BCUT2D eigenvalue weighted by Gasteiger charge is -2.12. The molecule has 0 aliphatic heterocycles. The molecule has 19 heavy (non-hydrogen) atoms. The fourth-order valence-corrected chi connectivity index (χ4v) is 2.70. The van der Waals surface area contributed by atoms with E-state index in [1.165, 1.54) is 11.3 Å². The van der Waals surface area contributed by atoms with E-state index in [1.54, 1.807) is 19.2 Å². The van der Waals surface area contributed by atoms with Crippen molar-refractivity contribution in [2.24, 2.45) is 0 Å². The Morgan fingerprint density at radius 2 is 2.11 bits per heavy atom. The minimum Gasteiger partial charge on any atom is -0.464 e. The van der Waals surface area contributed by atoms with Crippen LogP contribution in [0.2, 0.25) is 0 Å². The molecule has 0 bridgehead atoms. The van der Waals surface area contributed by atoms with Gasteiger partial charge in [0.05, 0.1) is 12.2 Å². The number of amides is 1. The zero-order chi connectivity index (χ0) is 13.8. The number of esters is 1. The molecular formula is C14H15NO3S. The summed E-state index contributed by atoms with van der Waals surface area (Å²) in [5.74, 6) is -0.673. The quantitative estimate of drug-likeness (QED) is 0.874. The summed E-state index contributed by atoms with van der Waals surface area (Å²) in [5, 5.41) is 5.36. The Labute approximate surface area is 115 Å². The lowest BCUT2D eigenvalue weighted by molar-refractivity contribution is -0.144. The normalized spacial score (nSPS) is 12.1. The van der Waals surface area contributed by atoms with Gasteiger partial charge in [0.2, 0.25) is 0 Å². The smallest absolute Gasteiger partial charge is 0.328 e. The van der Waals surface area contributed by atoms with Crippen LogP contribution in [0.25, 0.3) is 10.1 Å². The Hall–Kier alpha value is -1.88. The zero-order valence-corrected chi connectivity index (χ0v) is 11.6. The van der Waals surface area contributed by atoms with Gasteiger partial charge in [-0.3, -0.25) is 4.79 Å². The summed E-state index contributed by atoms with van der Waals surface area (Å²) >= 11 is 1.51. The molecule has 100 valence electrons. The van der Waals surface area contributed by atoms with Crippen molar-refractivity contribution in [2.75, 3.05) is 6.61 Å². The maximum absolute atomic E-state index is 12.1. The number of carbonyl (C=O) groups excluding carboxylic acids is 2. The van der Waals surface area contributed by atoms with E-state index < -0.39 is 12.0 Å². The van der Waals surface area contributed by atoms with E-state index in [0.717, 1.165) is 10.1 Å². The van der Waals surface area contributed by atoms with E-state index in [2.05, 4.69) is 5.32 Å². The summed E-state index contributed by atoms with van der Waals surface area (Å²) in [7, 11) is 0. The average Bonchev–Trinajstić information content (AvgIpc) is 2.82. The van der Waals surface area contributed by atoms with Crippen LogP contribution >= 0.6 is 11.3 Å². The Balaban J connectivity index is 2.14. The molecule has 0 spiro atoms. The number of nitrogens with one attached hydrogen (secondary N) is 1. The molecule has 1 unspecified atom stereocenters. The van der Waals surface area contributed by atoms with Crippen molar-refractivity contribution >= 4 is 33.3 Å². The van der Waals surface area contributed by atoms with Crippen LogP contribution < -0.4 is 5.32 Å². The molecule has 0 saturated heterocycles. The van der Waals surface area contributed by atoms with Gasteiger partial charge in [0.15, 0.2) is 0 Å². The van der Waals surface area contributed by atoms with Crippen LogP contribution in [0.5, 0.6) is 0 Å². The molecule has 1 aromatic heterocycles. The molecule has 5 heteroatoms. The lowest BCUT2D eigenvalue weighted by atomic mass is 10.1. The summed E-state index contributed by atoms with van der Waals surface area (Å²) in [4.78, 5) is 23.6. The number of carbonyl (C=O) groups is 2. The maximum atomic E-state index is 12.1. The van der Waals surface area contributed by atoms with Crippen LogP contribution in [0, 0.1) is 0 Å². The summed E-state index contributed by atoms with van der Waals surface area (Å²) in [6.07, 6.45) is 0. The van der Waals surface area contributed by atoms with Gasteiger partial charge < -0.3 is 10.1 Å². The van der Waals surface area contributed by atoms with Crippen molar-refractivity contribution in [1.82, 2.24) is 5.32 Å². The third kappa shape index (κ3) is 2.93. The zero-order valence-electron chi connectivity index (χ0n) is 10.8. The minimum absolute atomic E-state index is 0.252. The highest BCUT2D eigenvalue weighted by atomic mass is 32.1. The van der Waals surface area contributed by atoms with E-state index in [1.807, 2.05) is 24.3 Å². The van der Waals surface area contributed by atoms with E-state index in [4.69, 9.17) is 4.74 Å². The van der Waals surface area contributed by atoms with Crippen LogP contribution in [-0.4, -0.2) is 24.5 Å². The summed E-state index contributed by atoms with van der Waals surface area (Å²) in [6, 6.07) is 7.04. The molecule has 4 nitrogen and oxygen atoms in total. The van der Waals surface area contributed by atoms with Gasteiger partial charge in [0, 0.05) is 15.5 Å². The first-order valence-electron chi connectivity index (χ1n) is 6.07. The van der Waals surface area contributed by atoms with Crippen molar-refractivity contribution in [1.29, 1.82) is 0 Å². The minimum atomic E-state index is -0.647. The van der Waals surface area contributed by atoms with E-state index >= 15 is 0 Å². The van der Waals surface area contributed by atoms with Gasteiger partial charge in [0.1, 0.15) is 6.04 Å². The van der Waals surface area contributed by atoms with Gasteiger partial charge in [-0.05, 0) is 19.9 Å². The first kappa shape index (κ1) is 13.5. The van der Waals surface area contributed by atoms with E-state index in [0.29, 0.717) is 12.2 Å². The molecule has 0 radical (unpaired) electrons. The highest BCUT2D eigenvalue weighted by Crippen LogP contribution is 2.25. The predicted octanol–water partition coefficient (Wildman–Crippen LogP) is 2.58. The van der Waals surface area contributed by atoms with Crippen molar-refractivity contribution in [3.8, 4) is 0 Å². The number of benzene rings is 1. The largest absolute Gasteiger partial charge is 0.464 e. The Kier molecular flexibility index (Phi) is 4.16. The Morgan fingerprint density at radius 1 is 1.37 bits per heavy atom. The molecule has 1 heterocycles. The average molecular weight is 277 g/mol. The van der Waals surface area contributed by atoms with Crippen molar-refractivity contribution in [3.63, 3.8) is 0 Å². The molecule has 1 aromatic carbocycles. The Morgan fingerprint density at radius 3 is 2.84 bits per heavy atom. The standard InChI is InChI=1S/C14H15NO3S/c1-3-18-14(17)9(2)15-13(16)11-8-19-12-7-5-4-6-10(11)12/h4-9H,3H2,1-2H3,(H,15,16). The monoisotopic (exact) mass is 277 g/mol. The third-order valence-electron chi connectivity index (χ3n) is 2.71. The number of thiophene rings is 1. The number of hydrogen-bond donors (Lipinski definition) is 1. The van der Waals surface area contributed by atoms with Gasteiger partial charge in [-0.1, -0.05) is 18.2 Å². The second kappa shape index (κ2) is 5.84. The maximum Gasteiger partial charge on any atom is 0.328 e. The van der Waals surface area contributed by atoms with Gasteiger partial charge in [0.25, 0.3) is 5.91 Å². The molecule has 0 aliphatic rings. The van der Waals surface area contributed by atoms with Gasteiger partial charge in [-0.15, -0.1) is 11.3 Å². The Bertz CT molecular complexity index is 606. The molecule has 1 amide bonds. The van der Waals surface area contributed by atoms with E-state index in [-0.39, 0.29) is 5.91 Å². The molecule has 1 N–H and O–H groups in total. The SMILES string of the molecule is CCOC(=O)C(C)NC(=O)c1csc2ccccc12. The topological polar surface area (TPSA) is 55.4 Å². The molecule has 2 aromatic rings. The van der Waals surface area contributed by atoms with Gasteiger partial charge in [-0.25, -0.2) is 4.79 Å². The molecule has 0 saturated carbocycles. The molecule has 2 rings (SSSR count). The molecule has 1 atom stereocenters. The van der Waals surface area contributed by atoms with Crippen molar-refractivity contribution < 1.29 is 14.3 Å². The number of hydrogen-bond acceptors (Lipinski definition) is 4. The molecular weight excluding hydrogens is 262 g/mol. The fourth-order valence-electron chi connectivity index (χ4n) is 1.75. The number of rotatable bonds is 4. The summed E-state index contributed by atoms with van der Waals surface area (Å²) < 4.78 is 5.91. The summed E-state index contributed by atoms with van der Waals surface area (Å²) in [6.45, 7) is 3.66. The second-order valence-electron chi connectivity index (χ2n) is 4.09. The van der Waals surface area contributed by atoms with E-state index in [9.17, 15) is 9.59 Å². The van der Waals surface area contributed by atoms with Crippen LogP contribution in [0.15, 0.2) is 29.6 Å². The lowest BCUT2D eigenvalue weighted by Crippen LogP contribution is -2.39. The molecule has 0 fully saturated rings. The highest BCUT2D eigenvalue weighted by molar-refractivity contribution is 7.17. The summed E-state index contributed by atoms with van der Waals surface area (Å²) in [5.41, 5.74) is 0.594. The fraction of sp³-hybridized carbons (Fsp3) is 0.286. The molecule has 0 aliphatic carbocycles. The van der Waals surface area contributed by atoms with Crippen LogP contribution in [0.1, 0.15) is 24.2 Å². The van der Waals surface area contributed by atoms with Crippen molar-refractivity contribution in [3.05, 3.63) is 35.2 Å². The third-order valence-corrected chi connectivity index (χ3v) is 3.68. The van der Waals surface area contributed by atoms with Crippen LogP contribution in [0.4, 0.5) is 0 Å². The first-order chi connectivity index (χ1) is 9.13. The predicted molar refractivity (Wildman–Crippen MR) is 75.4 cm³/mol. The first-order valence-corrected chi connectivity index (χ1v) is 6.95. The number of fused-ring (bicyclic) bond motifs is 1.